The third-order valence-electron chi connectivity index (χ3n) is 4.74. The second kappa shape index (κ2) is 8.19. The van der Waals surface area contributed by atoms with Crippen molar-refractivity contribution in [2.75, 3.05) is 11.9 Å². The van der Waals surface area contributed by atoms with E-state index in [4.69, 9.17) is 28.9 Å². The maximum absolute atomic E-state index is 12.2. The minimum atomic E-state index is -0.559. The number of nitrogens with zero attached hydrogens (tertiary/aromatic N) is 1. The average molecular weight is 415 g/mol. The Morgan fingerprint density at radius 2 is 2.19 bits per heavy atom. The van der Waals surface area contributed by atoms with Crippen molar-refractivity contribution in [3.8, 4) is 0 Å². The topological polar surface area (TPSA) is 83.3 Å². The Kier molecular flexibility index (Phi) is 6.15. The van der Waals surface area contributed by atoms with Crippen LogP contribution in [0.4, 0.5) is 5.00 Å². The van der Waals surface area contributed by atoms with Crippen LogP contribution in [-0.2, 0) is 0 Å². The number of aromatic amines is 1. The lowest BCUT2D eigenvalue weighted by Crippen LogP contribution is -2.24. The molecule has 26 heavy (non-hydrogen) atoms. The first-order valence-corrected chi connectivity index (χ1v) is 10.5. The van der Waals surface area contributed by atoms with Crippen molar-refractivity contribution in [1.82, 2.24) is 4.37 Å². The quantitative estimate of drug-likeness (QED) is 0.375. The van der Waals surface area contributed by atoms with Crippen molar-refractivity contribution in [3.05, 3.63) is 38.8 Å². The van der Waals surface area contributed by atoms with Crippen LogP contribution in [0.25, 0.3) is 0 Å². The van der Waals surface area contributed by atoms with Crippen LogP contribution in [0.1, 0.15) is 51.0 Å². The molecule has 1 heterocycles. The van der Waals surface area contributed by atoms with E-state index < -0.39 is 4.87 Å². The summed E-state index contributed by atoms with van der Waals surface area (Å²) in [6.45, 7) is 2.57. The van der Waals surface area contributed by atoms with Crippen LogP contribution < -0.4 is 16.6 Å². The lowest BCUT2D eigenvalue weighted by molar-refractivity contribution is 0.367. The van der Waals surface area contributed by atoms with Crippen molar-refractivity contribution in [1.29, 1.82) is 0 Å². The Balaban J connectivity index is 1.78. The van der Waals surface area contributed by atoms with Crippen molar-refractivity contribution >= 4 is 45.6 Å². The molecule has 1 fully saturated rings. The van der Waals surface area contributed by atoms with Crippen LogP contribution in [-0.4, -0.2) is 21.6 Å². The number of aromatic nitrogens is 1. The molecule has 2 aliphatic rings. The molecule has 1 saturated carbocycles. The Hall–Kier alpha value is -1.24. The zero-order valence-corrected chi connectivity index (χ0v) is 17.1. The molecule has 142 valence electrons. The summed E-state index contributed by atoms with van der Waals surface area (Å²) in [6.07, 6.45) is 10.5. The Morgan fingerprint density at radius 3 is 2.88 bits per heavy atom. The largest absolute Gasteiger partial charge is 0.383 e. The lowest BCUT2D eigenvalue weighted by Gasteiger charge is -2.23. The van der Waals surface area contributed by atoms with Crippen molar-refractivity contribution in [2.24, 2.45) is 16.6 Å². The molecular weight excluding hydrogens is 391 g/mol. The van der Waals surface area contributed by atoms with E-state index in [1.807, 2.05) is 19.1 Å². The molecule has 1 aromatic heterocycles. The molecule has 0 aliphatic heterocycles. The molecule has 0 bridgehead atoms. The van der Waals surface area contributed by atoms with Gasteiger partial charge in [0.2, 0.25) is 0 Å². The summed E-state index contributed by atoms with van der Waals surface area (Å²) in [5.74, 6) is 0.844. The van der Waals surface area contributed by atoms with Gasteiger partial charge in [-0.1, -0.05) is 30.9 Å². The zero-order valence-electron chi connectivity index (χ0n) is 14.8. The summed E-state index contributed by atoms with van der Waals surface area (Å²) in [6, 6.07) is 0. The highest BCUT2D eigenvalue weighted by atomic mass is 35.5. The first-order valence-electron chi connectivity index (χ1n) is 8.91. The third kappa shape index (κ3) is 4.93. The SMILES string of the molecule is CC1(Cl)C=C(Nc2s[nH]c(=O)c2C(N)=NCC2CCCCC2)C=C(Cl)C1. The number of nitrogens with one attached hydrogen (secondary N) is 2. The van der Waals surface area contributed by atoms with E-state index in [9.17, 15) is 4.79 Å². The van der Waals surface area contributed by atoms with E-state index in [-0.39, 0.29) is 11.4 Å². The molecule has 3 rings (SSSR count). The van der Waals surface area contributed by atoms with Gasteiger partial charge in [0, 0.05) is 23.7 Å². The minimum Gasteiger partial charge on any atom is -0.383 e. The number of H-pyrrole nitrogens is 1. The predicted molar refractivity (Wildman–Crippen MR) is 112 cm³/mol. The normalized spacial score (nSPS) is 25.0. The van der Waals surface area contributed by atoms with Crippen molar-refractivity contribution < 1.29 is 0 Å². The molecule has 0 saturated heterocycles. The van der Waals surface area contributed by atoms with E-state index in [2.05, 4.69) is 14.7 Å². The number of allylic oxidation sites excluding steroid dienone is 3. The first kappa shape index (κ1) is 19.5. The van der Waals surface area contributed by atoms with E-state index >= 15 is 0 Å². The molecule has 0 aromatic carbocycles. The molecule has 8 heteroatoms. The van der Waals surface area contributed by atoms with Gasteiger partial charge in [0.1, 0.15) is 16.4 Å². The maximum atomic E-state index is 12.2. The second-order valence-corrected chi connectivity index (χ2v) is 9.40. The number of halogens is 2. The standard InChI is InChI=1S/C18H24Cl2N4OS/c1-18(20)8-12(19)7-13(9-18)23-17-14(16(25)24-26-17)15(21)22-10-11-5-3-2-4-6-11/h7,9,11,23H,2-6,8,10H2,1H3,(H2,21,22)(H,24,25). The molecular formula is C18H24Cl2N4OS. The van der Waals surface area contributed by atoms with E-state index in [0.717, 1.165) is 5.70 Å². The van der Waals surface area contributed by atoms with Crippen LogP contribution in [0, 0.1) is 5.92 Å². The fourth-order valence-corrected chi connectivity index (χ4v) is 4.96. The van der Waals surface area contributed by atoms with Gasteiger partial charge >= 0.3 is 0 Å². The monoisotopic (exact) mass is 414 g/mol. The number of rotatable bonds is 5. The molecule has 4 N–H and O–H groups in total. The fourth-order valence-electron chi connectivity index (χ4n) is 3.47. The van der Waals surface area contributed by atoms with Gasteiger partial charge in [0.15, 0.2) is 0 Å². The Bertz CT molecular complexity index is 800. The molecule has 1 atom stereocenters. The summed E-state index contributed by atoms with van der Waals surface area (Å²) < 4.78 is 2.73. The van der Waals surface area contributed by atoms with Gasteiger partial charge in [-0.15, -0.1) is 11.6 Å². The highest BCUT2D eigenvalue weighted by molar-refractivity contribution is 7.10. The number of amidine groups is 1. The molecule has 5 nitrogen and oxygen atoms in total. The lowest BCUT2D eigenvalue weighted by atomic mass is 9.89. The molecule has 0 spiro atoms. The van der Waals surface area contributed by atoms with Gasteiger partial charge in [0.05, 0.1) is 4.87 Å². The van der Waals surface area contributed by atoms with Gasteiger partial charge in [-0.05, 0) is 49.4 Å². The molecule has 0 amide bonds. The number of nitrogens with two attached hydrogens (primary N) is 1. The van der Waals surface area contributed by atoms with Crippen LogP contribution in [0.15, 0.2) is 32.7 Å². The van der Waals surface area contributed by atoms with Gasteiger partial charge in [-0.2, -0.15) is 0 Å². The van der Waals surface area contributed by atoms with Crippen LogP contribution in [0.2, 0.25) is 0 Å². The third-order valence-corrected chi connectivity index (χ3v) is 6.02. The van der Waals surface area contributed by atoms with Gasteiger partial charge in [-0.3, -0.25) is 14.2 Å². The first-order chi connectivity index (χ1) is 12.3. The highest BCUT2D eigenvalue weighted by Crippen LogP contribution is 2.34. The van der Waals surface area contributed by atoms with Gasteiger partial charge in [-0.25, -0.2) is 0 Å². The van der Waals surface area contributed by atoms with Crippen LogP contribution in [0.3, 0.4) is 0 Å². The molecule has 2 aliphatic carbocycles. The number of aliphatic imine (C=N–C) groups is 1. The van der Waals surface area contributed by atoms with E-state index in [1.54, 1.807) is 0 Å². The predicted octanol–water partition coefficient (Wildman–Crippen LogP) is 4.54. The average Bonchev–Trinajstić information content (AvgIpc) is 2.92. The number of anilines is 1. The maximum Gasteiger partial charge on any atom is 0.271 e. The molecule has 1 aromatic rings. The fraction of sp³-hybridized carbons (Fsp3) is 0.556. The summed E-state index contributed by atoms with van der Waals surface area (Å²) in [7, 11) is 0. The summed E-state index contributed by atoms with van der Waals surface area (Å²) in [5, 5.41) is 4.51. The number of hydrogen-bond acceptors (Lipinski definition) is 4. The van der Waals surface area contributed by atoms with Gasteiger partial charge in [0.25, 0.3) is 5.56 Å². The smallest absolute Gasteiger partial charge is 0.271 e. The van der Waals surface area contributed by atoms with Crippen molar-refractivity contribution in [2.45, 2.75) is 50.3 Å². The highest BCUT2D eigenvalue weighted by Gasteiger charge is 2.25. The number of hydrogen-bond donors (Lipinski definition) is 3. The Morgan fingerprint density at radius 1 is 1.46 bits per heavy atom. The minimum absolute atomic E-state index is 0.234. The summed E-state index contributed by atoms with van der Waals surface area (Å²) >= 11 is 13.8. The summed E-state index contributed by atoms with van der Waals surface area (Å²) in [4.78, 5) is 16.2. The Labute approximate surface area is 167 Å². The van der Waals surface area contributed by atoms with E-state index in [0.29, 0.717) is 34.5 Å². The van der Waals surface area contributed by atoms with Crippen LogP contribution >= 0.6 is 34.7 Å². The van der Waals surface area contributed by atoms with Crippen molar-refractivity contribution in [3.63, 3.8) is 0 Å². The molecule has 0 radical (unpaired) electrons. The zero-order chi connectivity index (χ0) is 18.7. The van der Waals surface area contributed by atoms with Crippen LogP contribution in [0.5, 0.6) is 0 Å². The number of alkyl halides is 1. The second-order valence-electron chi connectivity index (χ2n) is 7.24. The van der Waals surface area contributed by atoms with E-state index in [1.165, 1.54) is 43.6 Å². The van der Waals surface area contributed by atoms with Gasteiger partial charge < -0.3 is 11.1 Å². The summed E-state index contributed by atoms with van der Waals surface area (Å²) in [5.41, 5.74) is 7.05. The molecule has 1 unspecified atom stereocenters.